The molecule has 0 aliphatic carbocycles. The van der Waals surface area contributed by atoms with Gasteiger partial charge in [-0.15, -0.1) is 0 Å². The lowest BCUT2D eigenvalue weighted by Crippen LogP contribution is -2.05. The second kappa shape index (κ2) is 11.2. The van der Waals surface area contributed by atoms with Gasteiger partial charge < -0.3 is 0 Å². The second-order valence-electron chi connectivity index (χ2n) is 8.13. The highest BCUT2D eigenvalue weighted by molar-refractivity contribution is 6.04. The normalized spacial score (nSPS) is 11.9. The van der Waals surface area contributed by atoms with E-state index in [1.54, 1.807) is 48.5 Å². The quantitative estimate of drug-likeness (QED) is 0.142. The van der Waals surface area contributed by atoms with Crippen LogP contribution in [-0.2, 0) is 12.4 Å². The summed E-state index contributed by atoms with van der Waals surface area (Å²) in [5.41, 5.74) is 0.902. The molecular formula is C32H18F6. The Bertz CT molecular complexity index is 1410. The summed E-state index contributed by atoms with van der Waals surface area (Å²) in [5.74, 6) is 12.0. The summed E-state index contributed by atoms with van der Waals surface area (Å²) in [6.45, 7) is 0. The second-order valence-corrected chi connectivity index (χ2v) is 8.13. The molecule has 0 atom stereocenters. The number of rotatable bonds is 2. The van der Waals surface area contributed by atoms with E-state index in [1.807, 2.05) is 12.1 Å². The van der Waals surface area contributed by atoms with Crippen molar-refractivity contribution in [1.29, 1.82) is 0 Å². The van der Waals surface area contributed by atoms with Gasteiger partial charge in [0.1, 0.15) is 0 Å². The molecule has 0 N–H and O–H groups in total. The Morgan fingerprint density at radius 2 is 0.737 bits per heavy atom. The van der Waals surface area contributed by atoms with E-state index in [4.69, 9.17) is 0 Å². The average molecular weight is 516 g/mol. The molecule has 0 unspecified atom stereocenters. The molecule has 38 heavy (non-hydrogen) atoms. The van der Waals surface area contributed by atoms with E-state index in [1.165, 1.54) is 24.3 Å². The summed E-state index contributed by atoms with van der Waals surface area (Å²) < 4.78 is 79.2. The minimum absolute atomic E-state index is 0.283. The average Bonchev–Trinajstić information content (AvgIpc) is 2.91. The maximum atomic E-state index is 13.2. The molecular weight excluding hydrogens is 498 g/mol. The Kier molecular flexibility index (Phi) is 7.74. The number of halogens is 6. The van der Waals surface area contributed by atoms with Crippen molar-refractivity contribution >= 4 is 11.1 Å². The van der Waals surface area contributed by atoms with Crippen molar-refractivity contribution in [2.24, 2.45) is 0 Å². The number of alkyl halides is 6. The predicted molar refractivity (Wildman–Crippen MR) is 136 cm³/mol. The topological polar surface area (TPSA) is 0 Å². The van der Waals surface area contributed by atoms with E-state index < -0.39 is 23.5 Å². The molecule has 0 aliphatic rings. The summed E-state index contributed by atoms with van der Waals surface area (Å²) in [4.78, 5) is 0. The number of allylic oxidation sites excluding steroid dienone is 2. The fraction of sp³-hybridized carbons (Fsp3) is 0.0625. The summed E-state index contributed by atoms with van der Waals surface area (Å²) in [7, 11) is 0. The molecule has 0 saturated carbocycles. The molecule has 0 nitrogen and oxygen atoms in total. The summed E-state index contributed by atoms with van der Waals surface area (Å²) >= 11 is 0. The van der Waals surface area contributed by atoms with Crippen LogP contribution in [0, 0.1) is 23.7 Å². The minimum atomic E-state index is -4.53. The summed E-state index contributed by atoms with van der Waals surface area (Å²) in [5, 5.41) is 0. The first kappa shape index (κ1) is 26.4. The van der Waals surface area contributed by atoms with Crippen molar-refractivity contribution in [3.05, 3.63) is 143 Å². The molecule has 0 fully saturated rings. The van der Waals surface area contributed by atoms with Gasteiger partial charge in [0.2, 0.25) is 0 Å². The molecule has 0 bridgehead atoms. The SMILES string of the molecule is FC(F)(F)c1ccc(/C(C#Cc2ccccc2)=C(\C#Cc2ccccc2)c2ccc(C(F)(F)F)cc2)cc1. The van der Waals surface area contributed by atoms with Crippen molar-refractivity contribution in [2.75, 3.05) is 0 Å². The molecule has 4 aromatic rings. The molecule has 0 saturated heterocycles. The van der Waals surface area contributed by atoms with Crippen LogP contribution in [0.25, 0.3) is 11.1 Å². The van der Waals surface area contributed by atoms with Gasteiger partial charge in [-0.3, -0.25) is 0 Å². The third-order valence-corrected chi connectivity index (χ3v) is 5.46. The van der Waals surface area contributed by atoms with Gasteiger partial charge >= 0.3 is 12.4 Å². The summed E-state index contributed by atoms with van der Waals surface area (Å²) in [6, 6.07) is 26.8. The Balaban J connectivity index is 1.96. The van der Waals surface area contributed by atoms with Crippen LogP contribution >= 0.6 is 0 Å². The standard InChI is InChI=1S/C32H18F6/c33-31(34,35)27-17-13-25(14-18-27)29(21-11-23-7-3-1-4-8-23)30(22-12-24-9-5-2-6-10-24)26-15-19-28(20-16-26)32(36,37)38/h1-10,13-20H/b30-29+. The van der Waals surface area contributed by atoms with E-state index in [9.17, 15) is 26.3 Å². The number of benzene rings is 4. The van der Waals surface area contributed by atoms with Gasteiger partial charge in [-0.1, -0.05) is 84.3 Å². The smallest absolute Gasteiger partial charge is 0.166 e. The van der Waals surface area contributed by atoms with Crippen LogP contribution in [0.4, 0.5) is 26.3 Å². The van der Waals surface area contributed by atoms with E-state index in [2.05, 4.69) is 23.7 Å². The van der Waals surface area contributed by atoms with Crippen molar-refractivity contribution in [3.8, 4) is 23.7 Å². The first-order valence-corrected chi connectivity index (χ1v) is 11.3. The van der Waals surface area contributed by atoms with Gasteiger partial charge in [-0.25, -0.2) is 0 Å². The molecule has 0 spiro atoms. The maximum Gasteiger partial charge on any atom is 0.416 e. The molecule has 0 aliphatic heterocycles. The molecule has 0 radical (unpaired) electrons. The first-order valence-electron chi connectivity index (χ1n) is 11.3. The number of hydrogen-bond donors (Lipinski definition) is 0. The zero-order valence-electron chi connectivity index (χ0n) is 19.7. The molecule has 6 heteroatoms. The zero-order valence-corrected chi connectivity index (χ0v) is 19.7. The van der Waals surface area contributed by atoms with E-state index in [0.29, 0.717) is 22.3 Å². The lowest BCUT2D eigenvalue weighted by atomic mass is 9.93. The fourth-order valence-corrected chi connectivity index (χ4v) is 3.52. The van der Waals surface area contributed by atoms with Crippen molar-refractivity contribution in [3.63, 3.8) is 0 Å². The third-order valence-electron chi connectivity index (χ3n) is 5.46. The van der Waals surface area contributed by atoms with Crippen LogP contribution < -0.4 is 0 Å². The van der Waals surface area contributed by atoms with Crippen LogP contribution in [0.2, 0.25) is 0 Å². The highest BCUT2D eigenvalue weighted by Crippen LogP contribution is 2.34. The molecule has 0 amide bonds. The Hall–Kier alpha value is -4.68. The monoisotopic (exact) mass is 516 g/mol. The van der Waals surface area contributed by atoms with Crippen molar-refractivity contribution in [1.82, 2.24) is 0 Å². The van der Waals surface area contributed by atoms with Crippen molar-refractivity contribution < 1.29 is 26.3 Å². The number of hydrogen-bond acceptors (Lipinski definition) is 0. The van der Waals surface area contributed by atoms with E-state index in [0.717, 1.165) is 24.3 Å². The van der Waals surface area contributed by atoms with E-state index >= 15 is 0 Å². The van der Waals surface area contributed by atoms with Gasteiger partial charge in [0.15, 0.2) is 0 Å². The third kappa shape index (κ3) is 6.75. The van der Waals surface area contributed by atoms with Crippen LogP contribution in [-0.4, -0.2) is 0 Å². The molecule has 0 aromatic heterocycles. The van der Waals surface area contributed by atoms with Crippen LogP contribution in [0.5, 0.6) is 0 Å². The molecule has 4 aromatic carbocycles. The lowest BCUT2D eigenvalue weighted by Gasteiger charge is -2.11. The van der Waals surface area contributed by atoms with E-state index in [-0.39, 0.29) is 11.1 Å². The van der Waals surface area contributed by atoms with Crippen LogP contribution in [0.15, 0.2) is 109 Å². The molecule has 0 heterocycles. The summed E-state index contributed by atoms with van der Waals surface area (Å²) in [6.07, 6.45) is -9.05. The lowest BCUT2D eigenvalue weighted by molar-refractivity contribution is -0.138. The Labute approximate surface area is 216 Å². The van der Waals surface area contributed by atoms with Gasteiger partial charge in [0.25, 0.3) is 0 Å². The highest BCUT2D eigenvalue weighted by atomic mass is 19.4. The van der Waals surface area contributed by atoms with Gasteiger partial charge in [-0.05, 0) is 59.7 Å². The fourth-order valence-electron chi connectivity index (χ4n) is 3.52. The van der Waals surface area contributed by atoms with Gasteiger partial charge in [0, 0.05) is 22.3 Å². The van der Waals surface area contributed by atoms with Crippen LogP contribution in [0.3, 0.4) is 0 Å². The van der Waals surface area contributed by atoms with Gasteiger partial charge in [0.05, 0.1) is 11.1 Å². The predicted octanol–water partition coefficient (Wildman–Crippen LogP) is 8.74. The maximum absolute atomic E-state index is 13.2. The highest BCUT2D eigenvalue weighted by Gasteiger charge is 2.31. The Morgan fingerprint density at radius 1 is 0.421 bits per heavy atom. The van der Waals surface area contributed by atoms with Crippen LogP contribution in [0.1, 0.15) is 33.4 Å². The van der Waals surface area contributed by atoms with Gasteiger partial charge in [-0.2, -0.15) is 26.3 Å². The largest absolute Gasteiger partial charge is 0.416 e. The van der Waals surface area contributed by atoms with Crippen molar-refractivity contribution in [2.45, 2.75) is 12.4 Å². The molecule has 188 valence electrons. The zero-order chi connectivity index (χ0) is 27.2. The molecule has 4 rings (SSSR count). The Morgan fingerprint density at radius 3 is 1.03 bits per heavy atom. The minimum Gasteiger partial charge on any atom is -0.166 e. The first-order chi connectivity index (χ1) is 18.1.